The highest BCUT2D eigenvalue weighted by Crippen LogP contribution is 2.34. The number of aryl methyl sites for hydroxylation is 1. The van der Waals surface area contributed by atoms with Crippen molar-refractivity contribution in [3.63, 3.8) is 0 Å². The van der Waals surface area contributed by atoms with Crippen molar-refractivity contribution in [2.45, 2.75) is 19.3 Å². The van der Waals surface area contributed by atoms with E-state index in [2.05, 4.69) is 15.9 Å². The van der Waals surface area contributed by atoms with E-state index in [9.17, 15) is 9.18 Å². The molecule has 0 aliphatic carbocycles. The third-order valence-electron chi connectivity index (χ3n) is 3.75. The molecule has 3 rings (SSSR count). The van der Waals surface area contributed by atoms with Crippen LogP contribution in [0.1, 0.15) is 18.4 Å². The molecule has 0 aromatic heterocycles. The summed E-state index contributed by atoms with van der Waals surface area (Å²) < 4.78 is 20.2. The zero-order valence-corrected chi connectivity index (χ0v) is 12.1. The number of carbonyl (C=O) groups is 1. The minimum atomic E-state index is -0.323. The first-order valence-corrected chi connectivity index (χ1v) is 7.33. The Hall–Kier alpha value is -0.940. The molecule has 1 aromatic carbocycles. The largest absolute Gasteiger partial charge is 0.381 e. The van der Waals surface area contributed by atoms with E-state index in [-0.39, 0.29) is 17.6 Å². The molecule has 0 radical (unpaired) electrons. The molecule has 1 atom stereocenters. The van der Waals surface area contributed by atoms with Crippen LogP contribution in [0.15, 0.2) is 16.6 Å². The number of anilines is 1. The van der Waals surface area contributed by atoms with Crippen molar-refractivity contribution in [2.24, 2.45) is 5.92 Å². The third-order valence-corrected chi connectivity index (χ3v) is 4.21. The topological polar surface area (TPSA) is 29.5 Å². The van der Waals surface area contributed by atoms with Crippen LogP contribution in [0.3, 0.4) is 0 Å². The van der Waals surface area contributed by atoms with Crippen molar-refractivity contribution in [1.29, 1.82) is 0 Å². The van der Waals surface area contributed by atoms with Crippen molar-refractivity contribution in [2.75, 3.05) is 24.7 Å². The SMILES string of the molecule is O=C(C1CCOC1)N1CCCc2cc(Br)cc(F)c21. The molecule has 1 amide bonds. The minimum absolute atomic E-state index is 0.000303. The summed E-state index contributed by atoms with van der Waals surface area (Å²) in [5.74, 6) is -0.440. The van der Waals surface area contributed by atoms with Crippen molar-refractivity contribution in [1.82, 2.24) is 0 Å². The van der Waals surface area contributed by atoms with Gasteiger partial charge in [0.2, 0.25) is 5.91 Å². The van der Waals surface area contributed by atoms with Gasteiger partial charge in [-0.05, 0) is 37.0 Å². The van der Waals surface area contributed by atoms with Gasteiger partial charge in [-0.3, -0.25) is 4.79 Å². The van der Waals surface area contributed by atoms with Gasteiger partial charge in [0, 0.05) is 17.6 Å². The van der Waals surface area contributed by atoms with E-state index < -0.39 is 0 Å². The van der Waals surface area contributed by atoms with Gasteiger partial charge in [-0.2, -0.15) is 0 Å². The van der Waals surface area contributed by atoms with Crippen LogP contribution >= 0.6 is 15.9 Å². The van der Waals surface area contributed by atoms with Crippen LogP contribution in [0, 0.1) is 11.7 Å². The lowest BCUT2D eigenvalue weighted by molar-refractivity contribution is -0.122. The second-order valence-corrected chi connectivity index (χ2v) is 5.96. The number of benzene rings is 1. The number of fused-ring (bicyclic) bond motifs is 1. The van der Waals surface area contributed by atoms with Crippen molar-refractivity contribution >= 4 is 27.5 Å². The van der Waals surface area contributed by atoms with Gasteiger partial charge in [0.25, 0.3) is 0 Å². The summed E-state index contributed by atoms with van der Waals surface area (Å²) in [5, 5.41) is 0. The highest BCUT2D eigenvalue weighted by atomic mass is 79.9. The van der Waals surface area contributed by atoms with Gasteiger partial charge in [0.1, 0.15) is 5.82 Å². The van der Waals surface area contributed by atoms with Crippen LogP contribution in [0.5, 0.6) is 0 Å². The van der Waals surface area contributed by atoms with Gasteiger partial charge >= 0.3 is 0 Å². The Morgan fingerprint density at radius 1 is 1.47 bits per heavy atom. The average Bonchev–Trinajstić information content (AvgIpc) is 2.90. The number of ether oxygens (including phenoxy) is 1. The zero-order chi connectivity index (χ0) is 13.4. The van der Waals surface area contributed by atoms with E-state index in [1.165, 1.54) is 6.07 Å². The fraction of sp³-hybridized carbons (Fsp3) is 0.500. The molecule has 3 nitrogen and oxygen atoms in total. The lowest BCUT2D eigenvalue weighted by atomic mass is 9.98. The highest BCUT2D eigenvalue weighted by molar-refractivity contribution is 9.10. The molecule has 0 N–H and O–H groups in total. The fourth-order valence-electron chi connectivity index (χ4n) is 2.82. The number of hydrogen-bond donors (Lipinski definition) is 0. The third kappa shape index (κ3) is 2.41. The first-order valence-electron chi connectivity index (χ1n) is 6.54. The summed E-state index contributed by atoms with van der Waals surface area (Å²) >= 11 is 3.30. The Morgan fingerprint density at radius 3 is 3.05 bits per heavy atom. The Morgan fingerprint density at radius 2 is 2.32 bits per heavy atom. The van der Waals surface area contributed by atoms with Crippen LogP contribution < -0.4 is 4.90 Å². The van der Waals surface area contributed by atoms with Gasteiger partial charge in [-0.25, -0.2) is 4.39 Å². The Labute approximate surface area is 119 Å². The molecule has 1 aromatic rings. The van der Waals surface area contributed by atoms with E-state index in [0.29, 0.717) is 25.4 Å². The van der Waals surface area contributed by atoms with Crippen LogP contribution in [0.2, 0.25) is 0 Å². The highest BCUT2D eigenvalue weighted by Gasteiger charge is 2.32. The number of halogens is 2. The Kier molecular flexibility index (Phi) is 3.58. The number of carbonyl (C=O) groups excluding carboxylic acids is 1. The van der Waals surface area contributed by atoms with Crippen LogP contribution in [0.25, 0.3) is 0 Å². The molecule has 1 saturated heterocycles. The Bertz CT molecular complexity index is 514. The predicted octanol–water partition coefficient (Wildman–Crippen LogP) is 2.90. The van der Waals surface area contributed by atoms with E-state index in [0.717, 1.165) is 29.3 Å². The van der Waals surface area contributed by atoms with Gasteiger partial charge in [-0.15, -0.1) is 0 Å². The van der Waals surface area contributed by atoms with E-state index in [4.69, 9.17) is 4.74 Å². The maximum atomic E-state index is 14.2. The number of nitrogens with zero attached hydrogens (tertiary/aromatic N) is 1. The summed E-state index contributed by atoms with van der Waals surface area (Å²) in [6.45, 7) is 1.68. The molecule has 5 heteroatoms. The Balaban J connectivity index is 1.95. The van der Waals surface area contributed by atoms with Crippen molar-refractivity contribution in [3.8, 4) is 0 Å². The predicted molar refractivity (Wildman–Crippen MR) is 73.7 cm³/mol. The maximum Gasteiger partial charge on any atom is 0.232 e. The molecule has 0 bridgehead atoms. The van der Waals surface area contributed by atoms with Crippen molar-refractivity contribution in [3.05, 3.63) is 28.0 Å². The van der Waals surface area contributed by atoms with E-state index in [1.54, 1.807) is 4.90 Å². The van der Waals surface area contributed by atoms with Gasteiger partial charge in [0.05, 0.1) is 18.2 Å². The van der Waals surface area contributed by atoms with E-state index >= 15 is 0 Å². The summed E-state index contributed by atoms with van der Waals surface area (Å²) in [6, 6.07) is 3.33. The first-order chi connectivity index (χ1) is 9.16. The normalized spacial score (nSPS) is 22.4. The smallest absolute Gasteiger partial charge is 0.232 e. The summed E-state index contributed by atoms with van der Waals surface area (Å²) in [7, 11) is 0. The van der Waals surface area contributed by atoms with Gasteiger partial charge in [-0.1, -0.05) is 15.9 Å². The lowest BCUT2D eigenvalue weighted by Crippen LogP contribution is -2.40. The average molecular weight is 328 g/mol. The number of hydrogen-bond acceptors (Lipinski definition) is 2. The summed E-state index contributed by atoms with van der Waals surface area (Å²) in [5.41, 5.74) is 1.37. The monoisotopic (exact) mass is 327 g/mol. The second kappa shape index (κ2) is 5.21. The molecule has 1 fully saturated rings. The van der Waals surface area contributed by atoms with Gasteiger partial charge < -0.3 is 9.64 Å². The van der Waals surface area contributed by atoms with Crippen LogP contribution in [0.4, 0.5) is 10.1 Å². The summed E-state index contributed by atoms with van der Waals surface area (Å²) in [4.78, 5) is 14.1. The number of rotatable bonds is 1. The number of amides is 1. The molecule has 102 valence electrons. The lowest BCUT2D eigenvalue weighted by Gasteiger charge is -2.31. The second-order valence-electron chi connectivity index (χ2n) is 5.05. The molecule has 0 spiro atoms. The quantitative estimate of drug-likeness (QED) is 0.793. The molecule has 2 aliphatic rings. The summed E-state index contributed by atoms with van der Waals surface area (Å²) in [6.07, 6.45) is 2.43. The first kappa shape index (κ1) is 13.1. The molecule has 1 unspecified atom stereocenters. The van der Waals surface area contributed by atoms with Gasteiger partial charge in [0.15, 0.2) is 0 Å². The maximum absolute atomic E-state index is 14.2. The molecular formula is C14H15BrFNO2. The fourth-order valence-corrected chi connectivity index (χ4v) is 3.30. The van der Waals surface area contributed by atoms with Crippen LogP contribution in [-0.2, 0) is 16.0 Å². The minimum Gasteiger partial charge on any atom is -0.381 e. The molecule has 2 heterocycles. The van der Waals surface area contributed by atoms with E-state index in [1.807, 2.05) is 6.07 Å². The van der Waals surface area contributed by atoms with Crippen molar-refractivity contribution < 1.29 is 13.9 Å². The molecule has 2 aliphatic heterocycles. The molecular weight excluding hydrogens is 313 g/mol. The van der Waals surface area contributed by atoms with Crippen LogP contribution in [-0.4, -0.2) is 25.7 Å². The molecule has 0 saturated carbocycles. The zero-order valence-electron chi connectivity index (χ0n) is 10.5. The molecule has 19 heavy (non-hydrogen) atoms. The standard InChI is InChI=1S/C14H15BrFNO2/c15-11-6-9-2-1-4-17(13(9)12(16)7-11)14(18)10-3-5-19-8-10/h6-7,10H,1-5,8H2.